The molecule has 0 spiro atoms. The molecule has 1 saturated heterocycles. The molecule has 2 N–H and O–H groups in total. The van der Waals surface area contributed by atoms with Crippen molar-refractivity contribution in [3.8, 4) is 0 Å². The maximum absolute atomic E-state index is 12.1. The zero-order chi connectivity index (χ0) is 11.0. The molecule has 2 unspecified atom stereocenters. The predicted molar refractivity (Wildman–Crippen MR) is 59.4 cm³/mol. The molecule has 1 amide bonds. The van der Waals surface area contributed by atoms with E-state index in [1.54, 1.807) is 0 Å². The molecule has 0 bridgehead atoms. The number of carbonyl (C=O) groups excluding carboxylic acids is 1. The van der Waals surface area contributed by atoms with E-state index >= 15 is 0 Å². The van der Waals surface area contributed by atoms with Gasteiger partial charge in [0.2, 0.25) is 5.91 Å². The zero-order valence-corrected chi connectivity index (χ0v) is 9.65. The van der Waals surface area contributed by atoms with Crippen molar-refractivity contribution in [1.29, 1.82) is 0 Å². The van der Waals surface area contributed by atoms with E-state index in [0.29, 0.717) is 18.5 Å². The Kier molecular flexibility index (Phi) is 2.98. The molecule has 2 rings (SSSR count). The van der Waals surface area contributed by atoms with Gasteiger partial charge in [-0.3, -0.25) is 9.69 Å². The van der Waals surface area contributed by atoms with Crippen molar-refractivity contribution >= 4 is 5.91 Å². The molecule has 1 heterocycles. The minimum absolute atomic E-state index is 0.0764. The van der Waals surface area contributed by atoms with Crippen molar-refractivity contribution in [1.82, 2.24) is 9.80 Å². The molecule has 0 aromatic heterocycles. The van der Waals surface area contributed by atoms with Crippen molar-refractivity contribution < 1.29 is 4.79 Å². The highest BCUT2D eigenvalue weighted by atomic mass is 16.2. The number of carbonyl (C=O) groups is 1. The van der Waals surface area contributed by atoms with Crippen LogP contribution >= 0.6 is 0 Å². The first kappa shape index (κ1) is 10.9. The monoisotopic (exact) mass is 211 g/mol. The van der Waals surface area contributed by atoms with E-state index in [1.807, 2.05) is 11.9 Å². The van der Waals surface area contributed by atoms with Crippen LogP contribution in [0.15, 0.2) is 0 Å². The Hall–Kier alpha value is -0.610. The van der Waals surface area contributed by atoms with Crippen molar-refractivity contribution in [3.05, 3.63) is 0 Å². The normalized spacial score (nSPS) is 34.3. The predicted octanol–water partition coefficient (Wildman–Crippen LogP) is -0.114. The quantitative estimate of drug-likeness (QED) is 0.693. The number of likely N-dealkylation sites (N-methyl/N-ethyl adjacent to an activating group) is 1. The average Bonchev–Trinajstić information content (AvgIpc) is 2.98. The summed E-state index contributed by atoms with van der Waals surface area (Å²) in [6.07, 6.45) is 2.47. The first-order valence-electron chi connectivity index (χ1n) is 5.84. The number of nitrogens with zero attached hydrogens (tertiary/aromatic N) is 2. The van der Waals surface area contributed by atoms with Crippen LogP contribution in [0.3, 0.4) is 0 Å². The van der Waals surface area contributed by atoms with Crippen LogP contribution in [-0.4, -0.2) is 54.5 Å². The van der Waals surface area contributed by atoms with Crippen LogP contribution in [0.25, 0.3) is 0 Å². The maximum atomic E-state index is 12.1. The van der Waals surface area contributed by atoms with Gasteiger partial charge in [-0.2, -0.15) is 0 Å². The van der Waals surface area contributed by atoms with Gasteiger partial charge >= 0.3 is 0 Å². The molecule has 2 atom stereocenters. The van der Waals surface area contributed by atoms with Crippen LogP contribution in [0.4, 0.5) is 0 Å². The number of amides is 1. The van der Waals surface area contributed by atoms with Gasteiger partial charge in [0.05, 0.1) is 0 Å². The molecule has 1 aliphatic carbocycles. The molecule has 15 heavy (non-hydrogen) atoms. The van der Waals surface area contributed by atoms with Crippen LogP contribution in [0, 0.1) is 5.92 Å². The van der Waals surface area contributed by atoms with Gasteiger partial charge in [0, 0.05) is 32.7 Å². The van der Waals surface area contributed by atoms with Crippen LogP contribution < -0.4 is 5.73 Å². The first-order valence-corrected chi connectivity index (χ1v) is 5.84. The summed E-state index contributed by atoms with van der Waals surface area (Å²) in [5.74, 6) is 0.754. The molecule has 1 saturated carbocycles. The average molecular weight is 211 g/mol. The Morgan fingerprint density at radius 3 is 2.60 bits per heavy atom. The Morgan fingerprint density at radius 1 is 1.40 bits per heavy atom. The largest absolute Gasteiger partial charge is 0.344 e. The van der Waals surface area contributed by atoms with Gasteiger partial charge < -0.3 is 10.6 Å². The Morgan fingerprint density at radius 2 is 2.07 bits per heavy atom. The molecule has 0 radical (unpaired) electrons. The number of hydrogen-bond donors (Lipinski definition) is 1. The Balaban J connectivity index is 2.16. The van der Waals surface area contributed by atoms with Gasteiger partial charge in [-0.05, 0) is 18.8 Å². The lowest BCUT2D eigenvalue weighted by molar-refractivity contribution is -0.134. The Labute approximate surface area is 91.4 Å². The summed E-state index contributed by atoms with van der Waals surface area (Å²) in [6.45, 7) is 4.53. The summed E-state index contributed by atoms with van der Waals surface area (Å²) >= 11 is 0. The fourth-order valence-corrected chi connectivity index (χ4v) is 2.54. The van der Waals surface area contributed by atoms with Crippen LogP contribution in [0.1, 0.15) is 19.8 Å². The lowest BCUT2D eigenvalue weighted by Gasteiger charge is -2.28. The standard InChI is InChI=1S/C11H21N3O/c1-8-6-13(2)11(15)10(5-12)14(7-8)9-3-4-9/h8-10H,3-7,12H2,1-2H3. The van der Waals surface area contributed by atoms with Gasteiger partial charge in [0.25, 0.3) is 0 Å². The second-order valence-electron chi connectivity index (χ2n) is 5.00. The van der Waals surface area contributed by atoms with E-state index in [4.69, 9.17) is 5.73 Å². The second kappa shape index (κ2) is 4.10. The molecule has 4 heteroatoms. The molecule has 0 aromatic carbocycles. The fraction of sp³-hybridized carbons (Fsp3) is 0.909. The molecular formula is C11H21N3O. The molecule has 1 aliphatic heterocycles. The minimum atomic E-state index is -0.0764. The van der Waals surface area contributed by atoms with Crippen molar-refractivity contribution in [2.75, 3.05) is 26.7 Å². The molecular weight excluding hydrogens is 190 g/mol. The van der Waals surface area contributed by atoms with Gasteiger partial charge in [-0.25, -0.2) is 0 Å². The summed E-state index contributed by atoms with van der Waals surface area (Å²) in [4.78, 5) is 16.2. The third-order valence-corrected chi connectivity index (χ3v) is 3.41. The Bertz CT molecular complexity index is 252. The third-order valence-electron chi connectivity index (χ3n) is 3.41. The number of hydrogen-bond acceptors (Lipinski definition) is 3. The SMILES string of the molecule is CC1CN(C)C(=O)C(CN)N(C2CC2)C1. The summed E-state index contributed by atoms with van der Waals surface area (Å²) in [5, 5.41) is 0. The first-order chi connectivity index (χ1) is 7.13. The summed E-state index contributed by atoms with van der Waals surface area (Å²) in [6, 6.07) is 0.545. The minimum Gasteiger partial charge on any atom is -0.344 e. The molecule has 2 aliphatic rings. The van der Waals surface area contributed by atoms with E-state index in [2.05, 4.69) is 11.8 Å². The van der Waals surface area contributed by atoms with Gasteiger partial charge in [0.1, 0.15) is 6.04 Å². The maximum Gasteiger partial charge on any atom is 0.240 e. The van der Waals surface area contributed by atoms with Crippen LogP contribution in [-0.2, 0) is 4.79 Å². The zero-order valence-electron chi connectivity index (χ0n) is 9.65. The van der Waals surface area contributed by atoms with Crippen LogP contribution in [0.5, 0.6) is 0 Å². The lowest BCUT2D eigenvalue weighted by Crippen LogP contribution is -2.50. The highest BCUT2D eigenvalue weighted by molar-refractivity contribution is 5.82. The van der Waals surface area contributed by atoms with Crippen LogP contribution in [0.2, 0.25) is 0 Å². The van der Waals surface area contributed by atoms with Gasteiger partial charge in [-0.15, -0.1) is 0 Å². The van der Waals surface area contributed by atoms with Crippen molar-refractivity contribution in [2.45, 2.75) is 31.8 Å². The van der Waals surface area contributed by atoms with Crippen molar-refractivity contribution in [3.63, 3.8) is 0 Å². The summed E-state index contributed by atoms with van der Waals surface area (Å²) in [5.41, 5.74) is 5.74. The third kappa shape index (κ3) is 2.16. The number of rotatable bonds is 2. The lowest BCUT2D eigenvalue weighted by atomic mass is 10.1. The smallest absolute Gasteiger partial charge is 0.240 e. The fourth-order valence-electron chi connectivity index (χ4n) is 2.54. The summed E-state index contributed by atoms with van der Waals surface area (Å²) in [7, 11) is 1.89. The molecule has 86 valence electrons. The van der Waals surface area contributed by atoms with E-state index in [-0.39, 0.29) is 11.9 Å². The van der Waals surface area contributed by atoms with E-state index in [1.165, 1.54) is 12.8 Å². The van der Waals surface area contributed by atoms with Gasteiger partial charge in [-0.1, -0.05) is 6.92 Å². The number of nitrogens with two attached hydrogens (primary N) is 1. The van der Waals surface area contributed by atoms with E-state index < -0.39 is 0 Å². The topological polar surface area (TPSA) is 49.6 Å². The summed E-state index contributed by atoms with van der Waals surface area (Å²) < 4.78 is 0. The highest BCUT2D eigenvalue weighted by Crippen LogP contribution is 2.31. The van der Waals surface area contributed by atoms with Gasteiger partial charge in [0.15, 0.2) is 0 Å². The molecule has 0 aromatic rings. The second-order valence-corrected chi connectivity index (χ2v) is 5.00. The van der Waals surface area contributed by atoms with E-state index in [0.717, 1.165) is 13.1 Å². The highest BCUT2D eigenvalue weighted by Gasteiger charge is 2.40. The molecule has 4 nitrogen and oxygen atoms in total. The van der Waals surface area contributed by atoms with E-state index in [9.17, 15) is 4.79 Å². The van der Waals surface area contributed by atoms with Crippen molar-refractivity contribution in [2.24, 2.45) is 11.7 Å². The molecule has 2 fully saturated rings.